The largest absolute Gasteiger partial charge is 0.338 e. The number of fused-ring (bicyclic) bond motifs is 1. The lowest BCUT2D eigenvalue weighted by Crippen LogP contribution is -1.83. The number of imidazole rings is 1. The highest BCUT2D eigenvalue weighted by Gasteiger charge is 2.07. The van der Waals surface area contributed by atoms with Gasteiger partial charge < -0.3 is 4.98 Å². The van der Waals surface area contributed by atoms with Crippen molar-refractivity contribution in [1.82, 2.24) is 9.97 Å². The molecule has 2 aromatic carbocycles. The Balaban J connectivity index is 2.16. The van der Waals surface area contributed by atoms with E-state index in [1.54, 1.807) is 0 Å². The van der Waals surface area contributed by atoms with Crippen LogP contribution >= 0.6 is 11.6 Å². The number of hydrogen-bond acceptors (Lipinski definition) is 1. The third-order valence-corrected chi connectivity index (χ3v) is 3.38. The Hall–Kier alpha value is -1.80. The first-order chi connectivity index (χ1) is 8.78. The summed E-state index contributed by atoms with van der Waals surface area (Å²) in [6, 6.07) is 14.3. The molecule has 0 amide bonds. The summed E-state index contributed by atoms with van der Waals surface area (Å²) in [5.74, 6) is 1.42. The van der Waals surface area contributed by atoms with E-state index >= 15 is 0 Å². The predicted octanol–water partition coefficient (Wildman–Crippen LogP) is 4.28. The first kappa shape index (κ1) is 11.3. The van der Waals surface area contributed by atoms with Crippen molar-refractivity contribution in [2.24, 2.45) is 0 Å². The lowest BCUT2D eigenvalue weighted by molar-refractivity contribution is 1.31. The maximum atomic E-state index is 5.86. The second kappa shape index (κ2) is 4.46. The molecule has 1 aromatic heterocycles. The molecule has 0 aliphatic heterocycles. The van der Waals surface area contributed by atoms with Crippen LogP contribution in [0.1, 0.15) is 11.1 Å². The van der Waals surface area contributed by atoms with Crippen LogP contribution in [0.2, 0.25) is 0 Å². The zero-order valence-corrected chi connectivity index (χ0v) is 10.8. The van der Waals surface area contributed by atoms with Gasteiger partial charge in [-0.3, -0.25) is 0 Å². The predicted molar refractivity (Wildman–Crippen MR) is 75.8 cm³/mol. The normalized spacial score (nSPS) is 11.0. The van der Waals surface area contributed by atoms with Crippen molar-refractivity contribution in [3.05, 3.63) is 53.6 Å². The van der Waals surface area contributed by atoms with Crippen LogP contribution in [0.4, 0.5) is 0 Å². The van der Waals surface area contributed by atoms with Gasteiger partial charge in [-0.15, -0.1) is 11.6 Å². The number of nitrogens with one attached hydrogen (secondary N) is 1. The van der Waals surface area contributed by atoms with Crippen LogP contribution in [0.5, 0.6) is 0 Å². The number of aromatic amines is 1. The summed E-state index contributed by atoms with van der Waals surface area (Å²) >= 11 is 5.86. The molecule has 1 N–H and O–H groups in total. The van der Waals surface area contributed by atoms with Crippen LogP contribution < -0.4 is 0 Å². The van der Waals surface area contributed by atoms with Gasteiger partial charge in [-0.1, -0.05) is 30.3 Å². The molecule has 0 aliphatic rings. The Morgan fingerprint density at radius 2 is 2.00 bits per heavy atom. The van der Waals surface area contributed by atoms with Crippen molar-refractivity contribution in [3.8, 4) is 11.4 Å². The van der Waals surface area contributed by atoms with Crippen LogP contribution in [0, 0.1) is 6.92 Å². The summed E-state index contributed by atoms with van der Waals surface area (Å²) in [6.07, 6.45) is 0. The highest BCUT2D eigenvalue weighted by molar-refractivity contribution is 6.17. The van der Waals surface area contributed by atoms with Gasteiger partial charge in [-0.25, -0.2) is 4.98 Å². The molecule has 2 nitrogen and oxygen atoms in total. The van der Waals surface area contributed by atoms with Crippen molar-refractivity contribution < 1.29 is 0 Å². The highest BCUT2D eigenvalue weighted by Crippen LogP contribution is 2.23. The quantitative estimate of drug-likeness (QED) is 0.682. The number of rotatable bonds is 2. The summed E-state index contributed by atoms with van der Waals surface area (Å²) in [6.45, 7) is 2.07. The fourth-order valence-corrected chi connectivity index (χ4v) is 2.28. The van der Waals surface area contributed by atoms with Gasteiger partial charge in [0.2, 0.25) is 0 Å². The lowest BCUT2D eigenvalue weighted by Gasteiger charge is -1.99. The number of aromatic nitrogens is 2. The molecule has 0 aliphatic carbocycles. The van der Waals surface area contributed by atoms with Crippen LogP contribution in [0.25, 0.3) is 22.4 Å². The molecule has 3 rings (SSSR count). The molecule has 0 saturated carbocycles. The molecular weight excluding hydrogens is 244 g/mol. The van der Waals surface area contributed by atoms with Crippen molar-refractivity contribution in [2.75, 3.05) is 0 Å². The number of H-pyrrole nitrogens is 1. The number of aryl methyl sites for hydroxylation is 1. The molecule has 0 spiro atoms. The number of nitrogens with zero attached hydrogens (tertiary/aromatic N) is 1. The number of para-hydroxylation sites is 1. The lowest BCUT2D eigenvalue weighted by atomic mass is 10.1. The molecule has 0 unspecified atom stereocenters. The van der Waals surface area contributed by atoms with Gasteiger partial charge in [-0.2, -0.15) is 0 Å². The van der Waals surface area contributed by atoms with Gasteiger partial charge in [0.25, 0.3) is 0 Å². The fraction of sp³-hybridized carbons (Fsp3) is 0.133. The molecule has 1 heterocycles. The average Bonchev–Trinajstić information content (AvgIpc) is 2.84. The van der Waals surface area contributed by atoms with Crippen molar-refractivity contribution in [2.45, 2.75) is 12.8 Å². The van der Waals surface area contributed by atoms with Gasteiger partial charge >= 0.3 is 0 Å². The van der Waals surface area contributed by atoms with Gasteiger partial charge in [0.1, 0.15) is 5.82 Å². The minimum absolute atomic E-state index is 0.521. The summed E-state index contributed by atoms with van der Waals surface area (Å²) < 4.78 is 0. The van der Waals surface area contributed by atoms with E-state index in [-0.39, 0.29) is 0 Å². The molecule has 3 heteroatoms. The third-order valence-electron chi connectivity index (χ3n) is 3.07. The Morgan fingerprint density at radius 1 is 1.17 bits per heavy atom. The van der Waals surface area contributed by atoms with Crippen molar-refractivity contribution >= 4 is 22.6 Å². The Labute approximate surface area is 111 Å². The van der Waals surface area contributed by atoms with E-state index < -0.39 is 0 Å². The first-order valence-corrected chi connectivity index (χ1v) is 6.42. The van der Waals surface area contributed by atoms with E-state index in [0.717, 1.165) is 28.0 Å². The summed E-state index contributed by atoms with van der Waals surface area (Å²) in [5.41, 5.74) is 5.46. The van der Waals surface area contributed by atoms with Gasteiger partial charge in [0.15, 0.2) is 0 Å². The Morgan fingerprint density at radius 3 is 2.78 bits per heavy atom. The molecule has 0 bridgehead atoms. The first-order valence-electron chi connectivity index (χ1n) is 5.88. The van der Waals surface area contributed by atoms with E-state index in [0.29, 0.717) is 5.88 Å². The number of hydrogen-bond donors (Lipinski definition) is 1. The minimum Gasteiger partial charge on any atom is -0.338 e. The van der Waals surface area contributed by atoms with Crippen LogP contribution in [-0.4, -0.2) is 9.97 Å². The SMILES string of the molecule is Cc1cccc2[nH]c(-c3cccc(CCl)c3)nc12. The number of benzene rings is 2. The molecule has 3 aromatic rings. The summed E-state index contributed by atoms with van der Waals surface area (Å²) in [4.78, 5) is 8.01. The molecule has 0 fully saturated rings. The van der Waals surface area contributed by atoms with Crippen molar-refractivity contribution in [3.63, 3.8) is 0 Å². The molecule has 0 saturated heterocycles. The maximum absolute atomic E-state index is 5.86. The highest BCUT2D eigenvalue weighted by atomic mass is 35.5. The second-order valence-electron chi connectivity index (χ2n) is 4.39. The molecule has 18 heavy (non-hydrogen) atoms. The van der Waals surface area contributed by atoms with E-state index in [2.05, 4.69) is 29.0 Å². The Bertz CT molecular complexity index is 701. The zero-order chi connectivity index (χ0) is 12.5. The minimum atomic E-state index is 0.521. The average molecular weight is 257 g/mol. The summed E-state index contributed by atoms with van der Waals surface area (Å²) in [7, 11) is 0. The van der Waals surface area contributed by atoms with E-state index in [1.807, 2.05) is 30.3 Å². The third kappa shape index (κ3) is 1.89. The molecule has 0 atom stereocenters. The van der Waals surface area contributed by atoms with Crippen LogP contribution in [0.3, 0.4) is 0 Å². The molecule has 0 radical (unpaired) electrons. The molecule has 90 valence electrons. The second-order valence-corrected chi connectivity index (χ2v) is 4.66. The van der Waals surface area contributed by atoms with Crippen molar-refractivity contribution in [1.29, 1.82) is 0 Å². The maximum Gasteiger partial charge on any atom is 0.138 e. The zero-order valence-electron chi connectivity index (χ0n) is 10.1. The monoisotopic (exact) mass is 256 g/mol. The van der Waals surface area contributed by atoms with Gasteiger partial charge in [0, 0.05) is 11.4 Å². The number of alkyl halides is 1. The smallest absolute Gasteiger partial charge is 0.138 e. The van der Waals surface area contributed by atoms with E-state index in [9.17, 15) is 0 Å². The fourth-order valence-electron chi connectivity index (χ4n) is 2.11. The Kier molecular flexibility index (Phi) is 2.80. The topological polar surface area (TPSA) is 28.7 Å². The standard InChI is InChI=1S/C15H13ClN2/c1-10-4-2-7-13-14(10)18-15(17-13)12-6-3-5-11(8-12)9-16/h2-8H,9H2,1H3,(H,17,18). The van der Waals surface area contributed by atoms with Crippen LogP contribution in [-0.2, 0) is 5.88 Å². The van der Waals surface area contributed by atoms with Gasteiger partial charge in [-0.05, 0) is 30.2 Å². The van der Waals surface area contributed by atoms with Crippen LogP contribution in [0.15, 0.2) is 42.5 Å². The van der Waals surface area contributed by atoms with Gasteiger partial charge in [0.05, 0.1) is 11.0 Å². The number of halogens is 1. The van der Waals surface area contributed by atoms with E-state index in [4.69, 9.17) is 11.6 Å². The summed E-state index contributed by atoms with van der Waals surface area (Å²) in [5, 5.41) is 0. The van der Waals surface area contributed by atoms with E-state index in [1.165, 1.54) is 5.56 Å². The molecular formula is C15H13ClN2.